The van der Waals surface area contributed by atoms with Crippen molar-refractivity contribution in [2.75, 3.05) is 6.61 Å². The van der Waals surface area contributed by atoms with E-state index >= 15 is 0 Å². The van der Waals surface area contributed by atoms with Crippen molar-refractivity contribution in [3.05, 3.63) is 0 Å². The second-order valence-corrected chi connectivity index (χ2v) is 1.78. The summed E-state index contributed by atoms with van der Waals surface area (Å²) in [6.07, 6.45) is -3.26. The summed E-state index contributed by atoms with van der Waals surface area (Å²) in [7, 11) is 0. The van der Waals surface area contributed by atoms with Crippen LogP contribution in [0.1, 0.15) is 0 Å². The van der Waals surface area contributed by atoms with Gasteiger partial charge in [0.15, 0.2) is 6.29 Å². The van der Waals surface area contributed by atoms with Crippen molar-refractivity contribution < 1.29 is 20.1 Å². The maximum Gasteiger partial charge on any atom is 0.183 e. The number of hydrogen-bond donors (Lipinski definition) is 3. The number of aliphatic hydroxyl groups is 3. The van der Waals surface area contributed by atoms with Crippen molar-refractivity contribution >= 4 is 0 Å². The molecule has 0 aromatic heterocycles. The Morgan fingerprint density at radius 3 is 2.00 bits per heavy atom. The molecule has 1 aliphatic heterocycles. The van der Waals surface area contributed by atoms with Gasteiger partial charge in [-0.2, -0.15) is 0 Å². The molecule has 1 aliphatic rings. The maximum absolute atomic E-state index is 8.64. The van der Waals surface area contributed by atoms with Crippen LogP contribution in [0, 0.1) is 0 Å². The fraction of sp³-hybridized carbons (Fsp3) is 1.00. The molecule has 0 spiro atoms. The van der Waals surface area contributed by atoms with Crippen molar-refractivity contribution in [3.8, 4) is 0 Å². The van der Waals surface area contributed by atoms with E-state index in [1.807, 2.05) is 0 Å². The highest BCUT2D eigenvalue weighted by Gasteiger charge is 2.32. The van der Waals surface area contributed by atoms with Crippen molar-refractivity contribution in [3.63, 3.8) is 0 Å². The van der Waals surface area contributed by atoms with Gasteiger partial charge in [-0.25, -0.2) is 0 Å². The van der Waals surface area contributed by atoms with Gasteiger partial charge >= 0.3 is 0 Å². The molecular formula is C4H8O4. The van der Waals surface area contributed by atoms with Gasteiger partial charge in [0.05, 0.1) is 6.61 Å². The van der Waals surface area contributed by atoms with Gasteiger partial charge in [0.1, 0.15) is 12.2 Å². The van der Waals surface area contributed by atoms with E-state index in [-0.39, 0.29) is 6.61 Å². The van der Waals surface area contributed by atoms with E-state index in [0.717, 1.165) is 0 Å². The van der Waals surface area contributed by atoms with Gasteiger partial charge in [0.2, 0.25) is 0 Å². The average molecular weight is 121 g/mol. The van der Waals surface area contributed by atoms with E-state index in [2.05, 4.69) is 4.74 Å². The summed E-state index contributed by atoms with van der Waals surface area (Å²) in [5.41, 5.74) is 0. The van der Waals surface area contributed by atoms with Crippen molar-refractivity contribution in [1.82, 2.24) is 0 Å². The fourth-order valence-corrected chi connectivity index (χ4v) is 0.584. The molecule has 0 aromatic carbocycles. The van der Waals surface area contributed by atoms with Gasteiger partial charge in [-0.15, -0.1) is 0 Å². The van der Waals surface area contributed by atoms with Crippen molar-refractivity contribution in [1.29, 1.82) is 0 Å². The van der Waals surface area contributed by atoms with Gasteiger partial charge in [-0.3, -0.25) is 0 Å². The van der Waals surface area contributed by atoms with Crippen LogP contribution in [0.5, 0.6) is 0 Å². The van der Waals surface area contributed by atoms with Crippen molar-refractivity contribution in [2.24, 2.45) is 0 Å². The van der Waals surface area contributed by atoms with Crippen molar-refractivity contribution in [2.45, 2.75) is 18.5 Å². The lowest BCUT2D eigenvalue weighted by Crippen LogP contribution is -2.29. The average Bonchev–Trinajstić information content (AvgIpc) is 1.98. The molecule has 3 atom stereocenters. The number of hydrogen-bond acceptors (Lipinski definition) is 4. The number of rotatable bonds is 0. The van der Waals surface area contributed by atoms with Crippen LogP contribution in [0.2, 0.25) is 0 Å². The predicted octanol–water partition coefficient (Wildman–Crippen LogP) is -1.94. The van der Waals surface area contributed by atoms with E-state index in [0.29, 0.717) is 0 Å². The summed E-state index contributed by atoms with van der Waals surface area (Å²) in [5.74, 6) is 0. The summed E-state index contributed by atoms with van der Waals surface area (Å²) >= 11 is 0. The third-order valence-corrected chi connectivity index (χ3v) is 1.12. The minimum absolute atomic E-state index is 0.0162. The standard InChI is InChI=1S/C4H8O4/c5-2-1-8-4(7)3(2)6/h2-7H,1H2/t2-,3-,4?/m1/s1/i1+1. The molecule has 0 bridgehead atoms. The summed E-state index contributed by atoms with van der Waals surface area (Å²) in [6, 6.07) is 0. The fourth-order valence-electron chi connectivity index (χ4n) is 0.584. The molecule has 4 nitrogen and oxygen atoms in total. The molecule has 1 rings (SSSR count). The van der Waals surface area contributed by atoms with Crippen LogP contribution in [0.4, 0.5) is 0 Å². The van der Waals surface area contributed by atoms with Gasteiger partial charge in [-0.05, 0) is 0 Å². The molecule has 3 N–H and O–H groups in total. The zero-order valence-corrected chi connectivity index (χ0v) is 4.19. The van der Waals surface area contributed by atoms with E-state index in [1.165, 1.54) is 0 Å². The van der Waals surface area contributed by atoms with Crippen LogP contribution in [0.15, 0.2) is 0 Å². The van der Waals surface area contributed by atoms with E-state index < -0.39 is 18.5 Å². The third kappa shape index (κ3) is 0.830. The monoisotopic (exact) mass is 121 g/mol. The first-order valence-corrected chi connectivity index (χ1v) is 2.37. The van der Waals surface area contributed by atoms with Gasteiger partial charge < -0.3 is 20.1 Å². The maximum atomic E-state index is 8.64. The van der Waals surface area contributed by atoms with E-state index in [9.17, 15) is 0 Å². The Morgan fingerprint density at radius 1 is 1.25 bits per heavy atom. The van der Waals surface area contributed by atoms with Crippen LogP contribution in [0.3, 0.4) is 0 Å². The van der Waals surface area contributed by atoms with Crippen LogP contribution >= 0.6 is 0 Å². The van der Waals surface area contributed by atoms with Crippen LogP contribution in [-0.2, 0) is 4.74 Å². The number of aliphatic hydroxyl groups excluding tert-OH is 3. The molecule has 8 heavy (non-hydrogen) atoms. The Kier molecular flexibility index (Phi) is 1.48. The molecule has 0 aliphatic carbocycles. The Bertz CT molecular complexity index is 74.1. The lowest BCUT2D eigenvalue weighted by Gasteiger charge is -2.06. The lowest BCUT2D eigenvalue weighted by molar-refractivity contribution is -0.111. The first-order valence-electron chi connectivity index (χ1n) is 2.37. The molecule has 0 saturated carbocycles. The number of ether oxygens (including phenoxy) is 1. The minimum Gasteiger partial charge on any atom is -0.388 e. The molecule has 0 radical (unpaired) electrons. The molecule has 1 heterocycles. The Balaban J connectivity index is 2.44. The van der Waals surface area contributed by atoms with Gasteiger partial charge in [0.25, 0.3) is 0 Å². The first kappa shape index (κ1) is 5.97. The van der Waals surface area contributed by atoms with Crippen LogP contribution in [-0.4, -0.2) is 40.4 Å². The zero-order chi connectivity index (χ0) is 6.15. The van der Waals surface area contributed by atoms with Crippen LogP contribution < -0.4 is 0 Å². The highest BCUT2D eigenvalue weighted by Crippen LogP contribution is 2.10. The topological polar surface area (TPSA) is 69.9 Å². The molecule has 1 saturated heterocycles. The Morgan fingerprint density at radius 2 is 1.88 bits per heavy atom. The summed E-state index contributed by atoms with van der Waals surface area (Å²) < 4.78 is 4.43. The SMILES string of the molecule is OC1O[13CH2][C@@H](O)[C@H]1O. The van der Waals surface area contributed by atoms with Gasteiger partial charge in [0, 0.05) is 0 Å². The smallest absolute Gasteiger partial charge is 0.183 e. The van der Waals surface area contributed by atoms with Gasteiger partial charge in [-0.1, -0.05) is 0 Å². The zero-order valence-electron chi connectivity index (χ0n) is 4.19. The van der Waals surface area contributed by atoms with E-state index in [4.69, 9.17) is 15.3 Å². The van der Waals surface area contributed by atoms with E-state index in [1.54, 1.807) is 0 Å². The normalized spacial score (nSPS) is 47.6. The third-order valence-electron chi connectivity index (χ3n) is 1.12. The molecule has 1 unspecified atom stereocenters. The predicted molar refractivity (Wildman–Crippen MR) is 24.0 cm³/mol. The molecule has 4 heteroatoms. The van der Waals surface area contributed by atoms with Crippen LogP contribution in [0.25, 0.3) is 0 Å². The molecule has 0 amide bonds. The molecular weight excluding hydrogens is 113 g/mol. The Labute approximate surface area is 46.3 Å². The molecule has 48 valence electrons. The summed E-state index contributed by atoms with van der Waals surface area (Å²) in [6.45, 7) is 0.0162. The lowest BCUT2D eigenvalue weighted by atomic mass is 10.3. The second-order valence-electron chi connectivity index (χ2n) is 1.78. The minimum atomic E-state index is -1.20. The quantitative estimate of drug-likeness (QED) is 0.326. The summed E-state index contributed by atoms with van der Waals surface area (Å²) in [5, 5.41) is 25.8. The highest BCUT2D eigenvalue weighted by molar-refractivity contribution is 4.75. The molecule has 0 aromatic rings. The largest absolute Gasteiger partial charge is 0.388 e. The molecule has 1 fully saturated rings. The second kappa shape index (κ2) is 1.99. The Hall–Kier alpha value is -0.160. The first-order chi connectivity index (χ1) is 3.72. The highest BCUT2D eigenvalue weighted by atomic mass is 16.7. The summed E-state index contributed by atoms with van der Waals surface area (Å²) in [4.78, 5) is 0.